The first-order chi connectivity index (χ1) is 17.0. The highest BCUT2D eigenvalue weighted by Crippen LogP contribution is 2.69. The normalized spacial score (nSPS) is 44.8. The SMILES string of the molecule is C[C@H](O)[C@]1(O)CC[C@]2(O)[C@@H]3CC=C4C[C@@H](O)CC[C@]4(C)[C@H]3C[C@@H](OC(=O)C=Cc3ccccc3)[C@]12C. The van der Waals surface area contributed by atoms with Gasteiger partial charge in [-0.05, 0) is 80.8 Å². The summed E-state index contributed by atoms with van der Waals surface area (Å²) in [6.45, 7) is 5.57. The Morgan fingerprint density at radius 3 is 2.53 bits per heavy atom. The Bertz CT molecular complexity index is 1060. The lowest BCUT2D eigenvalue weighted by Crippen LogP contribution is -2.71. The number of rotatable bonds is 4. The fourth-order valence-corrected chi connectivity index (χ4v) is 8.37. The third-order valence-electron chi connectivity index (χ3n) is 10.7. The average molecular weight is 497 g/mol. The molecule has 4 aliphatic carbocycles. The molecule has 5 rings (SSSR count). The van der Waals surface area contributed by atoms with Crippen LogP contribution >= 0.6 is 0 Å². The van der Waals surface area contributed by atoms with Crippen LogP contribution in [0.3, 0.4) is 0 Å². The van der Waals surface area contributed by atoms with Gasteiger partial charge in [0, 0.05) is 6.08 Å². The Kier molecular flexibility index (Phi) is 6.27. The minimum absolute atomic E-state index is 0.0373. The van der Waals surface area contributed by atoms with Crippen LogP contribution in [0, 0.1) is 22.7 Å². The molecule has 6 nitrogen and oxygen atoms in total. The molecule has 4 N–H and O–H groups in total. The molecule has 0 bridgehead atoms. The standard InChI is InChI=1S/C30H40O6/c1-19(31)29(34)15-16-30(35)23-11-10-21-17-22(32)13-14-27(21,2)24(23)18-25(28(29,30)3)36-26(33)12-9-20-7-5-4-6-8-20/h4-10,12,19,22-25,31-32,34-35H,11,13-18H2,1-3H3/t19-,22-,23+,24-,25+,27-,28+,29+,30-/m0/s1. The number of aliphatic hydroxyl groups excluding tert-OH is 2. The first-order valence-corrected chi connectivity index (χ1v) is 13.4. The predicted octanol–water partition coefficient (Wildman–Crippen LogP) is 3.77. The Balaban J connectivity index is 1.53. The van der Waals surface area contributed by atoms with Crippen LogP contribution in [0.4, 0.5) is 0 Å². The molecule has 3 fully saturated rings. The van der Waals surface area contributed by atoms with Gasteiger partial charge in [0.25, 0.3) is 0 Å². The number of ether oxygens (including phenoxy) is 1. The number of allylic oxidation sites excluding steroid dienone is 1. The van der Waals surface area contributed by atoms with Crippen LogP contribution in [-0.2, 0) is 9.53 Å². The molecule has 0 aromatic heterocycles. The Hall–Kier alpha value is -1.99. The predicted molar refractivity (Wildman–Crippen MR) is 137 cm³/mol. The smallest absolute Gasteiger partial charge is 0.331 e. The second kappa shape index (κ2) is 8.80. The van der Waals surface area contributed by atoms with E-state index in [-0.39, 0.29) is 29.8 Å². The van der Waals surface area contributed by atoms with E-state index in [2.05, 4.69) is 13.0 Å². The molecular weight excluding hydrogens is 456 g/mol. The molecule has 0 amide bonds. The van der Waals surface area contributed by atoms with Crippen molar-refractivity contribution in [1.29, 1.82) is 0 Å². The lowest BCUT2D eigenvalue weighted by atomic mass is 9.44. The lowest BCUT2D eigenvalue weighted by Gasteiger charge is -2.64. The van der Waals surface area contributed by atoms with E-state index in [1.54, 1.807) is 19.9 Å². The number of hydrogen-bond donors (Lipinski definition) is 4. The molecule has 0 heterocycles. The Morgan fingerprint density at radius 1 is 1.11 bits per heavy atom. The van der Waals surface area contributed by atoms with Crippen LogP contribution in [0.25, 0.3) is 6.08 Å². The first-order valence-electron chi connectivity index (χ1n) is 13.4. The summed E-state index contributed by atoms with van der Waals surface area (Å²) in [5.41, 5.74) is -2.24. The number of carbonyl (C=O) groups is 1. The van der Waals surface area contributed by atoms with Crippen LogP contribution in [0.1, 0.15) is 71.3 Å². The molecule has 0 aliphatic heterocycles. The minimum atomic E-state index is -1.59. The van der Waals surface area contributed by atoms with E-state index in [9.17, 15) is 25.2 Å². The highest BCUT2D eigenvalue weighted by molar-refractivity contribution is 5.87. The molecule has 0 radical (unpaired) electrons. The summed E-state index contributed by atoms with van der Waals surface area (Å²) >= 11 is 0. The van der Waals surface area contributed by atoms with Crippen LogP contribution < -0.4 is 0 Å². The third-order valence-corrected chi connectivity index (χ3v) is 10.7. The molecule has 1 aromatic carbocycles. The monoisotopic (exact) mass is 496 g/mol. The fraction of sp³-hybridized carbons (Fsp3) is 0.633. The van der Waals surface area contributed by atoms with Gasteiger partial charge in [-0.2, -0.15) is 0 Å². The van der Waals surface area contributed by atoms with Gasteiger partial charge in [-0.15, -0.1) is 0 Å². The van der Waals surface area contributed by atoms with Crippen molar-refractivity contribution in [2.24, 2.45) is 22.7 Å². The lowest BCUT2D eigenvalue weighted by molar-refractivity contribution is -0.277. The maximum absolute atomic E-state index is 13.1. The van der Waals surface area contributed by atoms with Gasteiger partial charge >= 0.3 is 5.97 Å². The zero-order valence-electron chi connectivity index (χ0n) is 21.6. The summed E-state index contributed by atoms with van der Waals surface area (Å²) in [5.74, 6) is -0.620. The third kappa shape index (κ3) is 3.56. The second-order valence-electron chi connectivity index (χ2n) is 12.1. The minimum Gasteiger partial charge on any atom is -0.458 e. The summed E-state index contributed by atoms with van der Waals surface area (Å²) in [6, 6.07) is 9.48. The van der Waals surface area contributed by atoms with Crippen molar-refractivity contribution < 1.29 is 30.0 Å². The first kappa shape index (κ1) is 25.7. The summed E-state index contributed by atoms with van der Waals surface area (Å²) in [6.07, 6.45) is 6.93. The molecule has 0 saturated heterocycles. The van der Waals surface area contributed by atoms with Crippen molar-refractivity contribution in [2.45, 2.75) is 95.2 Å². The molecule has 0 unspecified atom stereocenters. The summed E-state index contributed by atoms with van der Waals surface area (Å²) in [4.78, 5) is 13.1. The zero-order chi connectivity index (χ0) is 25.9. The Labute approximate surface area is 213 Å². The van der Waals surface area contributed by atoms with Crippen LogP contribution in [0.15, 0.2) is 48.1 Å². The van der Waals surface area contributed by atoms with Gasteiger partial charge in [-0.1, -0.05) is 55.8 Å². The molecule has 1 aromatic rings. The average Bonchev–Trinajstić information content (AvgIpc) is 3.08. The molecular formula is C30H40O6. The molecule has 9 atom stereocenters. The molecule has 0 spiro atoms. The maximum atomic E-state index is 13.1. The molecule has 6 heteroatoms. The second-order valence-corrected chi connectivity index (χ2v) is 12.1. The number of hydrogen-bond acceptors (Lipinski definition) is 6. The largest absolute Gasteiger partial charge is 0.458 e. The van der Waals surface area contributed by atoms with Gasteiger partial charge < -0.3 is 25.2 Å². The van der Waals surface area contributed by atoms with Crippen LogP contribution in [0.5, 0.6) is 0 Å². The van der Waals surface area contributed by atoms with E-state index in [1.165, 1.54) is 11.6 Å². The van der Waals surface area contributed by atoms with Crippen LogP contribution in [0.2, 0.25) is 0 Å². The van der Waals surface area contributed by atoms with Gasteiger partial charge in [0.05, 0.1) is 23.2 Å². The van der Waals surface area contributed by atoms with E-state index < -0.39 is 34.8 Å². The van der Waals surface area contributed by atoms with Crippen molar-refractivity contribution >= 4 is 12.0 Å². The molecule has 36 heavy (non-hydrogen) atoms. The van der Waals surface area contributed by atoms with Gasteiger partial charge in [0.1, 0.15) is 11.7 Å². The van der Waals surface area contributed by atoms with E-state index in [1.807, 2.05) is 30.3 Å². The van der Waals surface area contributed by atoms with Gasteiger partial charge in [-0.3, -0.25) is 0 Å². The van der Waals surface area contributed by atoms with Gasteiger partial charge in [0.2, 0.25) is 0 Å². The topological polar surface area (TPSA) is 107 Å². The Morgan fingerprint density at radius 2 is 1.83 bits per heavy atom. The summed E-state index contributed by atoms with van der Waals surface area (Å²) < 4.78 is 6.11. The van der Waals surface area contributed by atoms with Crippen LogP contribution in [-0.4, -0.2) is 55.9 Å². The summed E-state index contributed by atoms with van der Waals surface area (Å²) in [7, 11) is 0. The van der Waals surface area contributed by atoms with Crippen molar-refractivity contribution in [3.05, 3.63) is 53.6 Å². The van der Waals surface area contributed by atoms with Crippen molar-refractivity contribution in [3.63, 3.8) is 0 Å². The number of carbonyl (C=O) groups excluding carboxylic acids is 1. The number of aliphatic hydroxyl groups is 4. The van der Waals surface area contributed by atoms with E-state index in [4.69, 9.17) is 4.74 Å². The zero-order valence-corrected chi connectivity index (χ0v) is 21.6. The fourth-order valence-electron chi connectivity index (χ4n) is 8.37. The number of benzene rings is 1. The summed E-state index contributed by atoms with van der Waals surface area (Å²) in [5, 5.41) is 45.3. The van der Waals surface area contributed by atoms with Crippen molar-refractivity contribution in [3.8, 4) is 0 Å². The quantitative estimate of drug-likeness (QED) is 0.287. The highest BCUT2D eigenvalue weighted by atomic mass is 16.5. The van der Waals surface area contributed by atoms with Gasteiger partial charge in [0.15, 0.2) is 0 Å². The number of esters is 1. The highest BCUT2D eigenvalue weighted by Gasteiger charge is 2.76. The maximum Gasteiger partial charge on any atom is 0.331 e. The van der Waals surface area contributed by atoms with E-state index in [0.29, 0.717) is 32.1 Å². The van der Waals surface area contributed by atoms with Crippen molar-refractivity contribution in [2.75, 3.05) is 0 Å². The molecule has 3 saturated carbocycles. The molecule has 4 aliphatic rings. The van der Waals surface area contributed by atoms with Gasteiger partial charge in [-0.25, -0.2) is 4.79 Å². The molecule has 196 valence electrons. The van der Waals surface area contributed by atoms with E-state index in [0.717, 1.165) is 12.0 Å². The van der Waals surface area contributed by atoms with E-state index >= 15 is 0 Å². The number of fused-ring (bicyclic) bond motifs is 5. The van der Waals surface area contributed by atoms with Crippen molar-refractivity contribution in [1.82, 2.24) is 0 Å².